The van der Waals surface area contributed by atoms with E-state index in [2.05, 4.69) is 37.4 Å². The summed E-state index contributed by atoms with van der Waals surface area (Å²) in [6, 6.07) is 6.52. The molecule has 0 heterocycles. The Balaban J connectivity index is 2.46. The number of thioether (sulfide) groups is 1. The molecule has 0 saturated carbocycles. The molecule has 1 atom stereocenters. The first-order valence-corrected chi connectivity index (χ1v) is 8.12. The summed E-state index contributed by atoms with van der Waals surface area (Å²) >= 11 is 1.85. The molecule has 0 fully saturated rings. The third-order valence-electron chi connectivity index (χ3n) is 3.52. The Morgan fingerprint density at radius 3 is 2.65 bits per heavy atom. The standard InChI is InChI=1S/C16H26N2OS/c1-5-18-16(4,15(17)19)9-6-10-20-14-8-7-12(2)11-13(14)3/h7-8,11,18H,5-6,9-10H2,1-4H3,(H2,17,19). The van der Waals surface area contributed by atoms with E-state index < -0.39 is 5.54 Å². The number of benzene rings is 1. The zero-order valence-electron chi connectivity index (χ0n) is 13.0. The second-order valence-electron chi connectivity index (χ2n) is 5.45. The van der Waals surface area contributed by atoms with Crippen LogP contribution in [0.4, 0.5) is 0 Å². The first kappa shape index (κ1) is 17.1. The van der Waals surface area contributed by atoms with Gasteiger partial charge in [-0.2, -0.15) is 0 Å². The normalized spacial score (nSPS) is 14.0. The van der Waals surface area contributed by atoms with Crippen molar-refractivity contribution >= 4 is 17.7 Å². The van der Waals surface area contributed by atoms with E-state index in [-0.39, 0.29) is 5.91 Å². The van der Waals surface area contributed by atoms with Crippen molar-refractivity contribution < 1.29 is 4.79 Å². The van der Waals surface area contributed by atoms with Crippen molar-refractivity contribution in [2.45, 2.75) is 51.0 Å². The minimum atomic E-state index is -0.586. The minimum absolute atomic E-state index is 0.268. The monoisotopic (exact) mass is 294 g/mol. The molecule has 0 spiro atoms. The fourth-order valence-corrected chi connectivity index (χ4v) is 3.22. The highest BCUT2D eigenvalue weighted by Gasteiger charge is 2.28. The van der Waals surface area contributed by atoms with Crippen LogP contribution in [-0.2, 0) is 4.79 Å². The van der Waals surface area contributed by atoms with Gasteiger partial charge in [-0.1, -0.05) is 24.6 Å². The molecule has 0 aliphatic heterocycles. The lowest BCUT2D eigenvalue weighted by molar-refractivity contribution is -0.124. The van der Waals surface area contributed by atoms with Gasteiger partial charge in [-0.15, -0.1) is 11.8 Å². The summed E-state index contributed by atoms with van der Waals surface area (Å²) in [5.41, 5.74) is 7.51. The molecule has 3 N–H and O–H groups in total. The maximum absolute atomic E-state index is 11.5. The number of likely N-dealkylation sites (N-methyl/N-ethyl adjacent to an activating group) is 1. The molecule has 20 heavy (non-hydrogen) atoms. The van der Waals surface area contributed by atoms with Crippen LogP contribution in [0.3, 0.4) is 0 Å². The number of carbonyl (C=O) groups is 1. The number of primary amides is 1. The predicted octanol–water partition coefficient (Wildman–Crippen LogP) is 3.03. The highest BCUT2D eigenvalue weighted by atomic mass is 32.2. The molecule has 1 unspecified atom stereocenters. The number of hydrogen-bond acceptors (Lipinski definition) is 3. The molecule has 0 aromatic heterocycles. The molecule has 1 amide bonds. The summed E-state index contributed by atoms with van der Waals surface area (Å²) in [4.78, 5) is 12.8. The molecule has 1 aromatic carbocycles. The van der Waals surface area contributed by atoms with E-state index in [0.717, 1.165) is 25.1 Å². The number of aryl methyl sites for hydroxylation is 2. The van der Waals surface area contributed by atoms with Crippen LogP contribution in [0.1, 0.15) is 37.8 Å². The molecular formula is C16H26N2OS. The molecular weight excluding hydrogens is 268 g/mol. The van der Waals surface area contributed by atoms with Crippen LogP contribution >= 0.6 is 11.8 Å². The molecule has 0 saturated heterocycles. The molecule has 0 radical (unpaired) electrons. The topological polar surface area (TPSA) is 55.1 Å². The van der Waals surface area contributed by atoms with E-state index in [1.165, 1.54) is 16.0 Å². The largest absolute Gasteiger partial charge is 0.368 e. The molecule has 3 nitrogen and oxygen atoms in total. The van der Waals surface area contributed by atoms with Crippen molar-refractivity contribution in [3.63, 3.8) is 0 Å². The Kier molecular flexibility index (Phi) is 6.56. The van der Waals surface area contributed by atoms with E-state index in [0.29, 0.717) is 0 Å². The molecule has 1 aromatic rings. The summed E-state index contributed by atoms with van der Waals surface area (Å²) in [5.74, 6) is 0.730. The average Bonchev–Trinajstić information content (AvgIpc) is 2.37. The molecule has 1 rings (SSSR count). The van der Waals surface area contributed by atoms with E-state index >= 15 is 0 Å². The lowest BCUT2D eigenvalue weighted by Gasteiger charge is -2.26. The zero-order chi connectivity index (χ0) is 15.2. The van der Waals surface area contributed by atoms with Crippen LogP contribution in [0, 0.1) is 13.8 Å². The van der Waals surface area contributed by atoms with E-state index in [1.54, 1.807) is 0 Å². The molecule has 0 aliphatic rings. The third-order valence-corrected chi connectivity index (χ3v) is 4.78. The van der Waals surface area contributed by atoms with Crippen LogP contribution in [0.15, 0.2) is 23.1 Å². The SMILES string of the molecule is CCNC(C)(CCCSc1ccc(C)cc1C)C(N)=O. The zero-order valence-corrected chi connectivity index (χ0v) is 13.8. The fraction of sp³-hybridized carbons (Fsp3) is 0.562. The average molecular weight is 294 g/mol. The number of nitrogens with two attached hydrogens (primary N) is 1. The molecule has 0 bridgehead atoms. The summed E-state index contributed by atoms with van der Waals surface area (Å²) in [7, 11) is 0. The quantitative estimate of drug-likeness (QED) is 0.572. The maximum Gasteiger partial charge on any atom is 0.237 e. The predicted molar refractivity (Wildman–Crippen MR) is 87.2 cm³/mol. The minimum Gasteiger partial charge on any atom is -0.368 e. The lowest BCUT2D eigenvalue weighted by Crippen LogP contribution is -2.53. The number of carbonyl (C=O) groups excluding carboxylic acids is 1. The van der Waals surface area contributed by atoms with Gasteiger partial charge < -0.3 is 11.1 Å². The van der Waals surface area contributed by atoms with E-state index in [1.807, 2.05) is 25.6 Å². The molecule has 112 valence electrons. The Labute approximate surface area is 126 Å². The van der Waals surface area contributed by atoms with Gasteiger partial charge in [0.05, 0.1) is 5.54 Å². The lowest BCUT2D eigenvalue weighted by atomic mass is 9.95. The van der Waals surface area contributed by atoms with Gasteiger partial charge >= 0.3 is 0 Å². The highest BCUT2D eigenvalue weighted by molar-refractivity contribution is 7.99. The highest BCUT2D eigenvalue weighted by Crippen LogP contribution is 2.25. The van der Waals surface area contributed by atoms with Crippen molar-refractivity contribution in [1.82, 2.24) is 5.32 Å². The van der Waals surface area contributed by atoms with E-state index in [4.69, 9.17) is 5.73 Å². The van der Waals surface area contributed by atoms with Gasteiger partial charge in [-0.25, -0.2) is 0 Å². The van der Waals surface area contributed by atoms with Crippen LogP contribution in [0.5, 0.6) is 0 Å². The molecule has 4 heteroatoms. The third kappa shape index (κ3) is 4.84. The first-order chi connectivity index (χ1) is 9.39. The maximum atomic E-state index is 11.5. The van der Waals surface area contributed by atoms with Crippen LogP contribution < -0.4 is 11.1 Å². The van der Waals surface area contributed by atoms with Gasteiger partial charge in [0.25, 0.3) is 0 Å². The second-order valence-corrected chi connectivity index (χ2v) is 6.58. The van der Waals surface area contributed by atoms with Gasteiger partial charge in [0.15, 0.2) is 0 Å². The van der Waals surface area contributed by atoms with Crippen LogP contribution in [-0.4, -0.2) is 23.7 Å². The van der Waals surface area contributed by atoms with Gasteiger partial charge in [-0.05, 0) is 57.5 Å². The van der Waals surface area contributed by atoms with Gasteiger partial charge in [0, 0.05) is 4.90 Å². The summed E-state index contributed by atoms with van der Waals surface area (Å²) in [5, 5.41) is 3.19. The van der Waals surface area contributed by atoms with Crippen molar-refractivity contribution in [1.29, 1.82) is 0 Å². The number of nitrogens with one attached hydrogen (secondary N) is 1. The van der Waals surface area contributed by atoms with Crippen LogP contribution in [0.25, 0.3) is 0 Å². The van der Waals surface area contributed by atoms with Crippen LogP contribution in [0.2, 0.25) is 0 Å². The Morgan fingerprint density at radius 1 is 1.40 bits per heavy atom. The van der Waals surface area contributed by atoms with Gasteiger partial charge in [-0.3, -0.25) is 4.79 Å². The van der Waals surface area contributed by atoms with Crippen molar-refractivity contribution in [2.24, 2.45) is 5.73 Å². The van der Waals surface area contributed by atoms with Crippen molar-refractivity contribution in [3.8, 4) is 0 Å². The Morgan fingerprint density at radius 2 is 2.10 bits per heavy atom. The number of rotatable bonds is 8. The summed E-state index contributed by atoms with van der Waals surface area (Å²) in [6.45, 7) is 8.88. The van der Waals surface area contributed by atoms with Crippen molar-refractivity contribution in [3.05, 3.63) is 29.3 Å². The first-order valence-electron chi connectivity index (χ1n) is 7.14. The fourth-order valence-electron chi connectivity index (χ4n) is 2.26. The number of hydrogen-bond donors (Lipinski definition) is 2. The van der Waals surface area contributed by atoms with Gasteiger partial charge in [0.1, 0.15) is 0 Å². The summed E-state index contributed by atoms with van der Waals surface area (Å²) < 4.78 is 0. The summed E-state index contributed by atoms with van der Waals surface area (Å²) in [6.07, 6.45) is 1.73. The Hall–Kier alpha value is -1.00. The van der Waals surface area contributed by atoms with E-state index in [9.17, 15) is 4.79 Å². The smallest absolute Gasteiger partial charge is 0.237 e. The second kappa shape index (κ2) is 7.70. The molecule has 0 aliphatic carbocycles. The van der Waals surface area contributed by atoms with Gasteiger partial charge in [0.2, 0.25) is 5.91 Å². The Bertz CT molecular complexity index is 462. The van der Waals surface area contributed by atoms with Crippen molar-refractivity contribution in [2.75, 3.05) is 12.3 Å². The number of amides is 1.